The maximum atomic E-state index is 13.5. The Balaban J connectivity index is 2.10. The van der Waals surface area contributed by atoms with Crippen molar-refractivity contribution in [3.8, 4) is 0 Å². The number of amides is 1. The summed E-state index contributed by atoms with van der Waals surface area (Å²) in [6.45, 7) is 14.5. The van der Waals surface area contributed by atoms with Crippen LogP contribution in [0.3, 0.4) is 0 Å². The van der Waals surface area contributed by atoms with Crippen molar-refractivity contribution >= 4 is 5.91 Å². The molecule has 0 radical (unpaired) electrons. The van der Waals surface area contributed by atoms with Crippen molar-refractivity contribution in [2.45, 2.75) is 66.0 Å². The van der Waals surface area contributed by atoms with E-state index in [2.05, 4.69) is 82.8 Å². The van der Waals surface area contributed by atoms with Gasteiger partial charge in [-0.15, -0.1) is 0 Å². The molecule has 3 unspecified atom stereocenters. The summed E-state index contributed by atoms with van der Waals surface area (Å²) in [5, 5.41) is 0. The maximum Gasteiger partial charge on any atom is 0.240 e. The Hall–Kier alpha value is -1.43. The molecule has 0 bridgehead atoms. The third-order valence-corrected chi connectivity index (χ3v) is 5.31. The molecule has 0 N–H and O–H groups in total. The second-order valence-electron chi connectivity index (χ2n) is 8.81. The van der Waals surface area contributed by atoms with Crippen LogP contribution >= 0.6 is 0 Å². The highest BCUT2D eigenvalue weighted by Crippen LogP contribution is 2.21. The number of ether oxygens (including phenoxy) is 1. The molecule has 3 atom stereocenters. The van der Waals surface area contributed by atoms with Crippen LogP contribution in [0.2, 0.25) is 0 Å². The standard InChI is InChI=1S/C23H39N3O2/c1-8-25(16-21-11-9-20(10-12-21)15-24(6)7)23(27)22(17(2)3)26-13-18(4)28-19(5)14-26/h9-12,17-19,22H,8,13-16H2,1-7H3. The van der Waals surface area contributed by atoms with E-state index in [4.69, 9.17) is 4.74 Å². The van der Waals surface area contributed by atoms with Crippen molar-refractivity contribution in [1.29, 1.82) is 0 Å². The molecule has 0 spiro atoms. The fraction of sp³-hybridized carbons (Fsp3) is 0.696. The number of hydrogen-bond donors (Lipinski definition) is 0. The van der Waals surface area contributed by atoms with Crippen molar-refractivity contribution < 1.29 is 9.53 Å². The number of nitrogens with zero attached hydrogens (tertiary/aromatic N) is 3. The minimum absolute atomic E-state index is 0.0956. The van der Waals surface area contributed by atoms with Crippen molar-refractivity contribution in [2.24, 2.45) is 5.92 Å². The zero-order valence-corrected chi connectivity index (χ0v) is 18.8. The summed E-state index contributed by atoms with van der Waals surface area (Å²) in [6.07, 6.45) is 0.328. The smallest absolute Gasteiger partial charge is 0.240 e. The van der Waals surface area contributed by atoms with Crippen LogP contribution < -0.4 is 0 Å². The van der Waals surface area contributed by atoms with E-state index < -0.39 is 0 Å². The van der Waals surface area contributed by atoms with Crippen molar-refractivity contribution in [1.82, 2.24) is 14.7 Å². The summed E-state index contributed by atoms with van der Waals surface area (Å²) < 4.78 is 5.88. The SMILES string of the molecule is CCN(Cc1ccc(CN(C)C)cc1)C(=O)C(C(C)C)N1CC(C)OC(C)C1. The summed E-state index contributed by atoms with van der Waals surface area (Å²) in [6, 6.07) is 8.54. The zero-order chi connectivity index (χ0) is 20.8. The van der Waals surface area contributed by atoms with E-state index in [9.17, 15) is 4.79 Å². The predicted octanol–water partition coefficient (Wildman–Crippen LogP) is 3.23. The lowest BCUT2D eigenvalue weighted by Crippen LogP contribution is -2.57. The van der Waals surface area contributed by atoms with Gasteiger partial charge in [0.25, 0.3) is 0 Å². The largest absolute Gasteiger partial charge is 0.373 e. The third kappa shape index (κ3) is 6.29. The van der Waals surface area contributed by atoms with Crippen LogP contribution in [0.4, 0.5) is 0 Å². The van der Waals surface area contributed by atoms with E-state index in [-0.39, 0.29) is 30.1 Å². The van der Waals surface area contributed by atoms with Gasteiger partial charge < -0.3 is 14.5 Å². The number of rotatable bonds is 8. The van der Waals surface area contributed by atoms with Gasteiger partial charge in [-0.1, -0.05) is 38.1 Å². The maximum absolute atomic E-state index is 13.5. The van der Waals surface area contributed by atoms with E-state index >= 15 is 0 Å². The Morgan fingerprint density at radius 1 is 1.07 bits per heavy atom. The molecule has 0 aliphatic carbocycles. The lowest BCUT2D eigenvalue weighted by molar-refractivity contribution is -0.145. The molecule has 2 rings (SSSR count). The molecule has 1 aromatic carbocycles. The lowest BCUT2D eigenvalue weighted by atomic mass is 9.98. The van der Waals surface area contributed by atoms with Crippen LogP contribution in [0.5, 0.6) is 0 Å². The van der Waals surface area contributed by atoms with Gasteiger partial charge in [0.1, 0.15) is 0 Å². The molecule has 1 amide bonds. The second-order valence-corrected chi connectivity index (χ2v) is 8.81. The van der Waals surface area contributed by atoms with Crippen LogP contribution in [-0.2, 0) is 22.6 Å². The molecule has 1 aliphatic rings. The molecule has 1 fully saturated rings. The number of likely N-dealkylation sites (N-methyl/N-ethyl adjacent to an activating group) is 1. The summed E-state index contributed by atoms with van der Waals surface area (Å²) in [5.74, 6) is 0.498. The number of hydrogen-bond acceptors (Lipinski definition) is 4. The fourth-order valence-electron chi connectivity index (χ4n) is 4.18. The van der Waals surface area contributed by atoms with Gasteiger partial charge in [0.2, 0.25) is 5.91 Å². The van der Waals surface area contributed by atoms with E-state index in [0.29, 0.717) is 6.54 Å². The topological polar surface area (TPSA) is 36.0 Å². The van der Waals surface area contributed by atoms with Gasteiger partial charge in [-0.3, -0.25) is 9.69 Å². The molecule has 0 saturated carbocycles. The summed E-state index contributed by atoms with van der Waals surface area (Å²) in [5.41, 5.74) is 2.48. The van der Waals surface area contributed by atoms with Gasteiger partial charge >= 0.3 is 0 Å². The Labute approximate surface area is 171 Å². The molecule has 0 aromatic heterocycles. The lowest BCUT2D eigenvalue weighted by Gasteiger charge is -2.42. The average Bonchev–Trinajstić information content (AvgIpc) is 2.59. The van der Waals surface area contributed by atoms with E-state index in [1.165, 1.54) is 11.1 Å². The van der Waals surface area contributed by atoms with Crippen molar-refractivity contribution in [3.05, 3.63) is 35.4 Å². The molecular formula is C23H39N3O2. The van der Waals surface area contributed by atoms with Crippen LogP contribution in [-0.4, -0.2) is 72.6 Å². The highest BCUT2D eigenvalue weighted by atomic mass is 16.5. The van der Waals surface area contributed by atoms with Gasteiger partial charge in [-0.2, -0.15) is 0 Å². The fourth-order valence-corrected chi connectivity index (χ4v) is 4.18. The number of carbonyl (C=O) groups excluding carboxylic acids is 1. The molecule has 1 aliphatic heterocycles. The summed E-state index contributed by atoms with van der Waals surface area (Å²) in [4.78, 5) is 20.0. The average molecular weight is 390 g/mol. The molecule has 5 nitrogen and oxygen atoms in total. The van der Waals surface area contributed by atoms with Crippen molar-refractivity contribution in [3.63, 3.8) is 0 Å². The van der Waals surface area contributed by atoms with E-state index in [1.807, 2.05) is 4.90 Å². The molecule has 1 heterocycles. The minimum atomic E-state index is -0.0956. The van der Waals surface area contributed by atoms with Crippen molar-refractivity contribution in [2.75, 3.05) is 33.7 Å². The third-order valence-electron chi connectivity index (χ3n) is 5.31. The first-order chi connectivity index (χ1) is 13.2. The molecule has 1 aromatic rings. The van der Waals surface area contributed by atoms with Crippen LogP contribution in [0, 0.1) is 5.92 Å². The number of morpholine rings is 1. The Bertz CT molecular complexity index is 605. The molecular weight excluding hydrogens is 350 g/mol. The Morgan fingerprint density at radius 2 is 1.57 bits per heavy atom. The van der Waals surface area contributed by atoms with Crippen LogP contribution in [0.1, 0.15) is 45.7 Å². The van der Waals surface area contributed by atoms with Gasteiger partial charge in [0.15, 0.2) is 0 Å². The number of carbonyl (C=O) groups is 1. The molecule has 28 heavy (non-hydrogen) atoms. The monoisotopic (exact) mass is 389 g/mol. The summed E-state index contributed by atoms with van der Waals surface area (Å²) in [7, 11) is 4.15. The van der Waals surface area contributed by atoms with Gasteiger partial charge in [0, 0.05) is 32.7 Å². The minimum Gasteiger partial charge on any atom is -0.373 e. The van der Waals surface area contributed by atoms with Gasteiger partial charge in [0.05, 0.1) is 18.2 Å². The van der Waals surface area contributed by atoms with Crippen LogP contribution in [0.15, 0.2) is 24.3 Å². The first-order valence-electron chi connectivity index (χ1n) is 10.6. The number of benzene rings is 1. The second kappa shape index (κ2) is 10.4. The normalized spacial score (nSPS) is 21.9. The van der Waals surface area contributed by atoms with Gasteiger partial charge in [-0.25, -0.2) is 0 Å². The first-order valence-corrected chi connectivity index (χ1v) is 10.6. The predicted molar refractivity (Wildman–Crippen MR) is 115 cm³/mol. The van der Waals surface area contributed by atoms with E-state index in [0.717, 1.165) is 26.2 Å². The Morgan fingerprint density at radius 3 is 2.00 bits per heavy atom. The van der Waals surface area contributed by atoms with Crippen LogP contribution in [0.25, 0.3) is 0 Å². The zero-order valence-electron chi connectivity index (χ0n) is 18.8. The van der Waals surface area contributed by atoms with E-state index in [1.54, 1.807) is 0 Å². The quantitative estimate of drug-likeness (QED) is 0.684. The molecule has 158 valence electrons. The van der Waals surface area contributed by atoms with Gasteiger partial charge in [-0.05, 0) is 51.9 Å². The molecule has 1 saturated heterocycles. The Kier molecular flexibility index (Phi) is 8.47. The first kappa shape index (κ1) is 22.9. The highest BCUT2D eigenvalue weighted by Gasteiger charge is 2.36. The highest BCUT2D eigenvalue weighted by molar-refractivity contribution is 5.82. The summed E-state index contributed by atoms with van der Waals surface area (Å²) >= 11 is 0. The molecule has 5 heteroatoms.